The SMILES string of the molecule is C=Cc1cc2c3c(cccc3c1C=C)-c1cc(Cl)ccc1O2. The molecule has 106 valence electrons. The standard InChI is InChI=1S/C20H13ClO/c1-3-12-10-19-20-15(14(12)4-2)6-5-7-16(20)17-11-13(21)8-9-18(17)22-19/h3-11H,1-2H2. The van der Waals surface area contributed by atoms with Crippen LogP contribution < -0.4 is 4.74 Å². The second-order valence-electron chi connectivity index (χ2n) is 5.26. The quantitative estimate of drug-likeness (QED) is 0.408. The van der Waals surface area contributed by atoms with Gasteiger partial charge < -0.3 is 4.74 Å². The molecule has 0 aliphatic carbocycles. The largest absolute Gasteiger partial charge is 0.456 e. The molecule has 0 radical (unpaired) electrons. The van der Waals surface area contributed by atoms with Crippen LogP contribution in [0.25, 0.3) is 34.1 Å². The molecule has 3 aromatic rings. The number of benzene rings is 3. The first-order valence-corrected chi connectivity index (χ1v) is 7.43. The maximum absolute atomic E-state index is 6.16. The third kappa shape index (κ3) is 1.73. The van der Waals surface area contributed by atoms with Gasteiger partial charge in [0.05, 0.1) is 0 Å². The Hall–Kier alpha value is -2.51. The molecule has 0 aromatic heterocycles. The number of ether oxygens (including phenoxy) is 1. The molecule has 0 unspecified atom stereocenters. The van der Waals surface area contributed by atoms with Crippen LogP contribution in [0.3, 0.4) is 0 Å². The average molecular weight is 305 g/mol. The third-order valence-corrected chi connectivity index (χ3v) is 4.31. The Morgan fingerprint density at radius 2 is 1.77 bits per heavy atom. The molecule has 0 bridgehead atoms. The summed E-state index contributed by atoms with van der Waals surface area (Å²) in [6.07, 6.45) is 3.70. The number of halogens is 1. The predicted octanol–water partition coefficient (Wildman–Crippen LogP) is 6.55. The van der Waals surface area contributed by atoms with Crippen LogP contribution in [0.1, 0.15) is 11.1 Å². The van der Waals surface area contributed by atoms with Gasteiger partial charge >= 0.3 is 0 Å². The van der Waals surface area contributed by atoms with E-state index in [4.69, 9.17) is 16.3 Å². The van der Waals surface area contributed by atoms with E-state index < -0.39 is 0 Å². The van der Waals surface area contributed by atoms with Crippen molar-refractivity contribution in [1.82, 2.24) is 0 Å². The highest BCUT2D eigenvalue weighted by molar-refractivity contribution is 6.31. The normalized spacial score (nSPS) is 11.7. The molecule has 0 saturated carbocycles. The van der Waals surface area contributed by atoms with Gasteiger partial charge in [0.2, 0.25) is 0 Å². The average Bonchev–Trinajstić information content (AvgIpc) is 2.55. The maximum atomic E-state index is 6.16. The van der Waals surface area contributed by atoms with Gasteiger partial charge in [-0.05, 0) is 46.3 Å². The predicted molar refractivity (Wildman–Crippen MR) is 94.7 cm³/mol. The molecule has 3 aromatic carbocycles. The lowest BCUT2D eigenvalue weighted by molar-refractivity contribution is 0.487. The van der Waals surface area contributed by atoms with Gasteiger partial charge in [0.1, 0.15) is 11.5 Å². The van der Waals surface area contributed by atoms with Crippen molar-refractivity contribution in [2.75, 3.05) is 0 Å². The Balaban J connectivity index is 2.19. The van der Waals surface area contributed by atoms with E-state index in [0.717, 1.165) is 44.5 Å². The van der Waals surface area contributed by atoms with Crippen LogP contribution in [0.5, 0.6) is 11.5 Å². The van der Waals surface area contributed by atoms with Crippen molar-refractivity contribution in [3.8, 4) is 22.6 Å². The number of hydrogen-bond acceptors (Lipinski definition) is 1. The Kier molecular flexibility index (Phi) is 2.85. The zero-order valence-corrected chi connectivity index (χ0v) is 12.7. The molecular formula is C20H13ClO. The molecule has 1 aliphatic heterocycles. The summed E-state index contributed by atoms with van der Waals surface area (Å²) in [7, 11) is 0. The van der Waals surface area contributed by atoms with Crippen LogP contribution in [0.4, 0.5) is 0 Å². The molecular weight excluding hydrogens is 292 g/mol. The van der Waals surface area contributed by atoms with E-state index in [-0.39, 0.29) is 0 Å². The smallest absolute Gasteiger partial charge is 0.136 e. The van der Waals surface area contributed by atoms with Crippen molar-refractivity contribution in [2.45, 2.75) is 0 Å². The summed E-state index contributed by atoms with van der Waals surface area (Å²) < 4.78 is 6.11. The summed E-state index contributed by atoms with van der Waals surface area (Å²) in [6.45, 7) is 7.84. The highest BCUT2D eigenvalue weighted by Gasteiger charge is 2.22. The van der Waals surface area contributed by atoms with Crippen molar-refractivity contribution >= 4 is 34.5 Å². The molecule has 0 saturated heterocycles. The van der Waals surface area contributed by atoms with Gasteiger partial charge in [-0.1, -0.05) is 55.1 Å². The summed E-state index contributed by atoms with van der Waals surface area (Å²) >= 11 is 6.16. The van der Waals surface area contributed by atoms with Gasteiger partial charge in [0.15, 0.2) is 0 Å². The second kappa shape index (κ2) is 4.75. The summed E-state index contributed by atoms with van der Waals surface area (Å²) in [4.78, 5) is 0. The van der Waals surface area contributed by atoms with E-state index in [1.54, 1.807) is 0 Å². The van der Waals surface area contributed by atoms with Gasteiger partial charge in [0.25, 0.3) is 0 Å². The second-order valence-corrected chi connectivity index (χ2v) is 5.69. The molecule has 0 N–H and O–H groups in total. The van der Waals surface area contributed by atoms with E-state index in [2.05, 4.69) is 31.4 Å². The third-order valence-electron chi connectivity index (χ3n) is 4.07. The van der Waals surface area contributed by atoms with Gasteiger partial charge in [-0.3, -0.25) is 0 Å². The van der Waals surface area contributed by atoms with E-state index in [9.17, 15) is 0 Å². The Morgan fingerprint density at radius 1 is 0.909 bits per heavy atom. The molecule has 0 atom stereocenters. The highest BCUT2D eigenvalue weighted by atomic mass is 35.5. The minimum absolute atomic E-state index is 0.703. The molecule has 1 nitrogen and oxygen atoms in total. The number of rotatable bonds is 2. The lowest BCUT2D eigenvalue weighted by Gasteiger charge is -2.23. The number of fused-ring (bicyclic) bond motifs is 2. The minimum atomic E-state index is 0.703. The van der Waals surface area contributed by atoms with Crippen molar-refractivity contribution in [3.63, 3.8) is 0 Å². The molecule has 4 rings (SSSR count). The van der Waals surface area contributed by atoms with E-state index >= 15 is 0 Å². The summed E-state index contributed by atoms with van der Waals surface area (Å²) in [5.74, 6) is 1.67. The first-order valence-electron chi connectivity index (χ1n) is 7.05. The van der Waals surface area contributed by atoms with Crippen LogP contribution in [-0.4, -0.2) is 0 Å². The number of hydrogen-bond donors (Lipinski definition) is 0. The molecule has 0 amide bonds. The van der Waals surface area contributed by atoms with E-state index in [0.29, 0.717) is 5.02 Å². The first kappa shape index (κ1) is 13.2. The fourth-order valence-electron chi connectivity index (χ4n) is 3.11. The molecule has 22 heavy (non-hydrogen) atoms. The fraction of sp³-hybridized carbons (Fsp3) is 0. The highest BCUT2D eigenvalue weighted by Crippen LogP contribution is 2.48. The minimum Gasteiger partial charge on any atom is -0.456 e. The Morgan fingerprint density at radius 3 is 2.55 bits per heavy atom. The van der Waals surface area contributed by atoms with Gasteiger partial charge in [-0.25, -0.2) is 0 Å². The monoisotopic (exact) mass is 304 g/mol. The Labute approximate surface area is 134 Å². The van der Waals surface area contributed by atoms with Crippen molar-refractivity contribution in [1.29, 1.82) is 0 Å². The zero-order valence-electron chi connectivity index (χ0n) is 11.9. The first-order chi connectivity index (χ1) is 10.7. The van der Waals surface area contributed by atoms with Crippen LogP contribution in [0, 0.1) is 0 Å². The van der Waals surface area contributed by atoms with Gasteiger partial charge in [0, 0.05) is 16.0 Å². The van der Waals surface area contributed by atoms with Crippen LogP contribution in [-0.2, 0) is 0 Å². The molecule has 2 heteroatoms. The van der Waals surface area contributed by atoms with Gasteiger partial charge in [-0.2, -0.15) is 0 Å². The zero-order chi connectivity index (χ0) is 15.3. The Bertz CT molecular complexity index is 954. The van der Waals surface area contributed by atoms with Gasteiger partial charge in [-0.15, -0.1) is 0 Å². The summed E-state index contributed by atoms with van der Waals surface area (Å²) in [6, 6.07) is 14.0. The topological polar surface area (TPSA) is 9.23 Å². The lowest BCUT2D eigenvalue weighted by Crippen LogP contribution is -1.99. The van der Waals surface area contributed by atoms with Crippen LogP contribution in [0.2, 0.25) is 5.02 Å². The summed E-state index contributed by atoms with van der Waals surface area (Å²) in [5, 5.41) is 2.91. The molecule has 0 spiro atoms. The molecule has 1 aliphatic rings. The lowest BCUT2D eigenvalue weighted by atomic mass is 9.90. The van der Waals surface area contributed by atoms with E-state index in [1.807, 2.05) is 36.4 Å². The van der Waals surface area contributed by atoms with E-state index in [1.165, 1.54) is 0 Å². The van der Waals surface area contributed by atoms with Crippen molar-refractivity contribution in [3.05, 3.63) is 71.8 Å². The fourth-order valence-corrected chi connectivity index (χ4v) is 3.28. The maximum Gasteiger partial charge on any atom is 0.136 e. The van der Waals surface area contributed by atoms with Crippen molar-refractivity contribution in [2.24, 2.45) is 0 Å². The van der Waals surface area contributed by atoms with Crippen LogP contribution >= 0.6 is 11.6 Å². The molecule has 1 heterocycles. The van der Waals surface area contributed by atoms with Crippen molar-refractivity contribution < 1.29 is 4.74 Å². The van der Waals surface area contributed by atoms with Crippen LogP contribution in [0.15, 0.2) is 55.6 Å². The summed E-state index contributed by atoms with van der Waals surface area (Å²) in [5.41, 5.74) is 4.25. The molecule has 0 fully saturated rings.